The molecule has 0 aliphatic carbocycles. The number of nitrogens with one attached hydrogen (secondary N) is 2. The van der Waals surface area contributed by atoms with Crippen molar-refractivity contribution >= 4 is 17.4 Å². The van der Waals surface area contributed by atoms with E-state index in [4.69, 9.17) is 4.84 Å². The summed E-state index contributed by atoms with van der Waals surface area (Å²) in [5.74, 6) is 0. The molecule has 0 spiro atoms. The SMILES string of the molecule is Cc1ccsc1CNC(=O)NOC(C)(C)C. The summed E-state index contributed by atoms with van der Waals surface area (Å²) in [5.41, 5.74) is 3.18. The highest BCUT2D eigenvalue weighted by Gasteiger charge is 2.12. The van der Waals surface area contributed by atoms with E-state index in [-0.39, 0.29) is 11.6 Å². The number of hydrogen-bond acceptors (Lipinski definition) is 3. The molecule has 1 rings (SSSR count). The minimum atomic E-state index is -0.379. The molecule has 0 unspecified atom stereocenters. The summed E-state index contributed by atoms with van der Waals surface area (Å²) in [6.45, 7) is 8.17. The van der Waals surface area contributed by atoms with Gasteiger partial charge in [0.25, 0.3) is 0 Å². The van der Waals surface area contributed by atoms with Crippen molar-refractivity contribution in [2.75, 3.05) is 0 Å². The first-order chi connectivity index (χ1) is 7.38. The molecule has 0 atom stereocenters. The fourth-order valence-corrected chi connectivity index (χ4v) is 1.83. The number of carbonyl (C=O) groups is 1. The Bertz CT molecular complexity index is 355. The van der Waals surface area contributed by atoms with Crippen LogP contribution in [0.1, 0.15) is 31.2 Å². The Balaban J connectivity index is 2.29. The van der Waals surface area contributed by atoms with Crippen LogP contribution < -0.4 is 10.8 Å². The number of aryl methyl sites for hydroxylation is 1. The van der Waals surface area contributed by atoms with Crippen molar-refractivity contribution in [1.82, 2.24) is 10.8 Å². The highest BCUT2D eigenvalue weighted by atomic mass is 32.1. The third kappa shape index (κ3) is 4.63. The van der Waals surface area contributed by atoms with Gasteiger partial charge in [-0.2, -0.15) is 0 Å². The van der Waals surface area contributed by atoms with Gasteiger partial charge in [-0.05, 0) is 44.7 Å². The van der Waals surface area contributed by atoms with Crippen LogP contribution in [0.15, 0.2) is 11.4 Å². The summed E-state index contributed by atoms with van der Waals surface area (Å²) in [5, 5.41) is 4.74. The van der Waals surface area contributed by atoms with Crippen LogP contribution in [0, 0.1) is 6.92 Å². The normalized spacial score (nSPS) is 11.2. The summed E-state index contributed by atoms with van der Waals surface area (Å²) in [7, 11) is 0. The van der Waals surface area contributed by atoms with E-state index < -0.39 is 0 Å². The summed E-state index contributed by atoms with van der Waals surface area (Å²) >= 11 is 1.63. The fourth-order valence-electron chi connectivity index (χ4n) is 0.981. The van der Waals surface area contributed by atoms with E-state index in [2.05, 4.69) is 10.8 Å². The third-order valence-electron chi connectivity index (χ3n) is 1.83. The molecule has 16 heavy (non-hydrogen) atoms. The zero-order valence-corrected chi connectivity index (χ0v) is 10.9. The van der Waals surface area contributed by atoms with Gasteiger partial charge in [-0.15, -0.1) is 11.3 Å². The number of thiophene rings is 1. The van der Waals surface area contributed by atoms with Gasteiger partial charge in [0.1, 0.15) is 0 Å². The zero-order valence-electron chi connectivity index (χ0n) is 10.1. The lowest BCUT2D eigenvalue weighted by molar-refractivity contribution is -0.0528. The summed E-state index contributed by atoms with van der Waals surface area (Å²) < 4.78 is 0. The third-order valence-corrected chi connectivity index (χ3v) is 2.85. The van der Waals surface area contributed by atoms with Crippen molar-refractivity contribution in [2.24, 2.45) is 0 Å². The Labute approximate surface area is 100.0 Å². The first-order valence-electron chi connectivity index (χ1n) is 5.13. The highest BCUT2D eigenvalue weighted by molar-refractivity contribution is 7.10. The standard InChI is InChI=1S/C11H18N2O2S/c1-8-5-6-16-9(8)7-12-10(14)13-15-11(2,3)4/h5-6H,7H2,1-4H3,(H2,12,13,14). The van der Waals surface area contributed by atoms with Crippen LogP contribution in [0.5, 0.6) is 0 Å². The minimum Gasteiger partial charge on any atom is -0.331 e. The van der Waals surface area contributed by atoms with E-state index in [0.717, 1.165) is 4.88 Å². The summed E-state index contributed by atoms with van der Waals surface area (Å²) in [6, 6.07) is 1.72. The molecule has 0 saturated heterocycles. The number of amides is 2. The molecule has 0 aliphatic rings. The van der Waals surface area contributed by atoms with Gasteiger partial charge in [0, 0.05) is 4.88 Å². The Kier molecular flexibility index (Phi) is 4.32. The molecule has 90 valence electrons. The Morgan fingerprint density at radius 2 is 2.19 bits per heavy atom. The number of rotatable bonds is 3. The van der Waals surface area contributed by atoms with Gasteiger partial charge >= 0.3 is 6.03 Å². The van der Waals surface area contributed by atoms with E-state index in [9.17, 15) is 4.79 Å². The molecule has 2 N–H and O–H groups in total. The molecule has 1 aromatic rings. The molecule has 0 saturated carbocycles. The second-order valence-corrected chi connectivity index (χ2v) is 5.53. The van der Waals surface area contributed by atoms with Crippen molar-refractivity contribution in [2.45, 2.75) is 39.8 Å². The molecule has 0 fully saturated rings. The number of urea groups is 1. The largest absolute Gasteiger partial charge is 0.339 e. The lowest BCUT2D eigenvalue weighted by atomic mass is 10.2. The molecule has 0 aliphatic heterocycles. The maximum absolute atomic E-state index is 11.4. The maximum atomic E-state index is 11.4. The van der Waals surface area contributed by atoms with Gasteiger partial charge in [-0.1, -0.05) is 0 Å². The molecule has 0 aromatic carbocycles. The van der Waals surface area contributed by atoms with Gasteiger partial charge in [0.2, 0.25) is 0 Å². The summed E-state index contributed by atoms with van der Waals surface area (Å²) in [4.78, 5) is 17.6. The molecular weight excluding hydrogens is 224 g/mol. The Hall–Kier alpha value is -1.07. The van der Waals surface area contributed by atoms with Crippen molar-refractivity contribution in [3.8, 4) is 0 Å². The van der Waals surface area contributed by atoms with Crippen molar-refractivity contribution in [3.63, 3.8) is 0 Å². The average molecular weight is 242 g/mol. The van der Waals surface area contributed by atoms with Crippen LogP contribution in [-0.4, -0.2) is 11.6 Å². The molecule has 5 heteroatoms. The van der Waals surface area contributed by atoms with Gasteiger partial charge in [0.15, 0.2) is 0 Å². The van der Waals surface area contributed by atoms with Gasteiger partial charge < -0.3 is 5.32 Å². The quantitative estimate of drug-likeness (QED) is 0.800. The van der Waals surface area contributed by atoms with E-state index in [1.807, 2.05) is 39.1 Å². The topological polar surface area (TPSA) is 50.4 Å². The zero-order chi connectivity index (χ0) is 12.2. The molecule has 2 amide bonds. The van der Waals surface area contributed by atoms with E-state index in [1.54, 1.807) is 11.3 Å². The van der Waals surface area contributed by atoms with Gasteiger partial charge in [-0.25, -0.2) is 10.3 Å². The van der Waals surface area contributed by atoms with Crippen molar-refractivity contribution < 1.29 is 9.63 Å². The molecule has 1 heterocycles. The van der Waals surface area contributed by atoms with Crippen LogP contribution in [0.2, 0.25) is 0 Å². The van der Waals surface area contributed by atoms with Crippen molar-refractivity contribution in [3.05, 3.63) is 21.9 Å². The first-order valence-corrected chi connectivity index (χ1v) is 6.01. The summed E-state index contributed by atoms with van der Waals surface area (Å²) in [6.07, 6.45) is 0. The van der Waals surface area contributed by atoms with Gasteiger partial charge in [-0.3, -0.25) is 4.84 Å². The van der Waals surface area contributed by atoms with Crippen LogP contribution in [0.3, 0.4) is 0 Å². The molecular formula is C11H18N2O2S. The number of carbonyl (C=O) groups excluding carboxylic acids is 1. The molecule has 0 radical (unpaired) electrons. The average Bonchev–Trinajstić information content (AvgIpc) is 2.57. The maximum Gasteiger partial charge on any atom is 0.339 e. The predicted molar refractivity (Wildman–Crippen MR) is 65.3 cm³/mol. The van der Waals surface area contributed by atoms with E-state index in [0.29, 0.717) is 6.54 Å². The minimum absolute atomic E-state index is 0.317. The second kappa shape index (κ2) is 5.32. The smallest absolute Gasteiger partial charge is 0.331 e. The van der Waals surface area contributed by atoms with Gasteiger partial charge in [0.05, 0.1) is 12.1 Å². The Morgan fingerprint density at radius 3 is 2.69 bits per heavy atom. The molecule has 1 aromatic heterocycles. The van der Waals surface area contributed by atoms with Crippen molar-refractivity contribution in [1.29, 1.82) is 0 Å². The predicted octanol–water partition coefficient (Wildman–Crippen LogP) is 2.59. The highest BCUT2D eigenvalue weighted by Crippen LogP contribution is 2.14. The number of hydroxylamine groups is 1. The van der Waals surface area contributed by atoms with Crippen LogP contribution in [-0.2, 0) is 11.4 Å². The first kappa shape index (κ1) is 13.0. The molecule has 0 bridgehead atoms. The monoisotopic (exact) mass is 242 g/mol. The fraction of sp³-hybridized carbons (Fsp3) is 0.545. The lowest BCUT2D eigenvalue weighted by Gasteiger charge is -2.19. The van der Waals surface area contributed by atoms with E-state index >= 15 is 0 Å². The van der Waals surface area contributed by atoms with E-state index in [1.165, 1.54) is 5.56 Å². The van der Waals surface area contributed by atoms with Crippen LogP contribution in [0.25, 0.3) is 0 Å². The van der Waals surface area contributed by atoms with Crippen LogP contribution >= 0.6 is 11.3 Å². The number of hydrogen-bond donors (Lipinski definition) is 2. The Morgan fingerprint density at radius 1 is 1.50 bits per heavy atom. The molecule has 4 nitrogen and oxygen atoms in total. The second-order valence-electron chi connectivity index (χ2n) is 4.53. The lowest BCUT2D eigenvalue weighted by Crippen LogP contribution is -2.39. The van der Waals surface area contributed by atoms with Crippen LogP contribution in [0.4, 0.5) is 4.79 Å².